The number of rotatable bonds is 7. The molecule has 1 aliphatic heterocycles. The van der Waals surface area contributed by atoms with Crippen LogP contribution in [-0.4, -0.2) is 48.4 Å². The van der Waals surface area contributed by atoms with Crippen molar-refractivity contribution >= 4 is 6.09 Å². The highest BCUT2D eigenvalue weighted by Crippen LogP contribution is 2.29. The van der Waals surface area contributed by atoms with Crippen LogP contribution in [-0.2, 0) is 4.74 Å². The number of benzene rings is 3. The van der Waals surface area contributed by atoms with E-state index in [1.54, 1.807) is 42.3 Å². The molecule has 1 amide bonds. The molecule has 1 fully saturated rings. The Labute approximate surface area is 209 Å². The highest BCUT2D eigenvalue weighted by atomic mass is 19.1. The summed E-state index contributed by atoms with van der Waals surface area (Å²) in [4.78, 5) is 14.1. The third-order valence-electron chi connectivity index (χ3n) is 6.00. The number of hydrogen-bond acceptors (Lipinski definition) is 4. The number of hydrogen-bond donors (Lipinski definition) is 2. The molecule has 0 saturated carbocycles. The lowest BCUT2D eigenvalue weighted by Crippen LogP contribution is -2.44. The Balaban J connectivity index is 0.000000444. The van der Waals surface area contributed by atoms with Crippen LogP contribution in [0.15, 0.2) is 72.8 Å². The number of amides is 1. The van der Waals surface area contributed by atoms with E-state index < -0.39 is 23.8 Å². The van der Waals surface area contributed by atoms with Gasteiger partial charge in [-0.25, -0.2) is 18.0 Å². The number of cyclic esters (lactones) is 1. The van der Waals surface area contributed by atoms with Crippen LogP contribution in [0.5, 0.6) is 0 Å². The number of carbonyl (C=O) groups excluding carboxylic acids is 1. The predicted molar refractivity (Wildman–Crippen MR) is 133 cm³/mol. The van der Waals surface area contributed by atoms with Gasteiger partial charge in [-0.3, -0.25) is 0 Å². The molecule has 1 saturated heterocycles. The largest absolute Gasteiger partial charge is 0.446 e. The summed E-state index contributed by atoms with van der Waals surface area (Å²) in [6.07, 6.45) is -0.194. The van der Waals surface area contributed by atoms with Crippen molar-refractivity contribution in [2.45, 2.75) is 38.0 Å². The molecule has 36 heavy (non-hydrogen) atoms. The minimum atomic E-state index is -0.614. The zero-order chi connectivity index (χ0) is 26.1. The van der Waals surface area contributed by atoms with Crippen LogP contribution in [0.25, 0.3) is 11.1 Å². The Morgan fingerprint density at radius 3 is 2.28 bits per heavy atom. The van der Waals surface area contributed by atoms with Gasteiger partial charge in [-0.2, -0.15) is 0 Å². The summed E-state index contributed by atoms with van der Waals surface area (Å²) in [5.74, 6) is -1.41. The average Bonchev–Trinajstić information content (AvgIpc) is 2.85. The van der Waals surface area contributed by atoms with Crippen molar-refractivity contribution in [1.82, 2.24) is 10.2 Å². The fourth-order valence-corrected chi connectivity index (χ4v) is 4.04. The van der Waals surface area contributed by atoms with Crippen LogP contribution < -0.4 is 5.32 Å². The second-order valence-electron chi connectivity index (χ2n) is 8.65. The van der Waals surface area contributed by atoms with Crippen LogP contribution in [0.1, 0.15) is 31.4 Å². The van der Waals surface area contributed by atoms with Crippen LogP contribution in [0.2, 0.25) is 0 Å². The van der Waals surface area contributed by atoms with Gasteiger partial charge in [0.1, 0.15) is 23.6 Å². The summed E-state index contributed by atoms with van der Waals surface area (Å²) < 4.78 is 44.5. The van der Waals surface area contributed by atoms with E-state index in [0.29, 0.717) is 37.1 Å². The molecule has 8 heteroatoms. The highest BCUT2D eigenvalue weighted by Gasteiger charge is 2.31. The van der Waals surface area contributed by atoms with Gasteiger partial charge in [0, 0.05) is 37.6 Å². The van der Waals surface area contributed by atoms with Gasteiger partial charge in [-0.15, -0.1) is 0 Å². The zero-order valence-electron chi connectivity index (χ0n) is 20.3. The molecule has 3 aromatic carbocycles. The van der Waals surface area contributed by atoms with Gasteiger partial charge >= 0.3 is 6.09 Å². The van der Waals surface area contributed by atoms with Crippen molar-refractivity contribution in [2.75, 3.05) is 20.1 Å². The first-order valence-corrected chi connectivity index (χ1v) is 11.8. The Morgan fingerprint density at radius 1 is 1.03 bits per heavy atom. The van der Waals surface area contributed by atoms with E-state index in [4.69, 9.17) is 4.74 Å². The van der Waals surface area contributed by atoms with Gasteiger partial charge in [-0.1, -0.05) is 42.5 Å². The Kier molecular flexibility index (Phi) is 9.90. The highest BCUT2D eigenvalue weighted by molar-refractivity contribution is 5.69. The molecule has 0 aromatic heterocycles. The lowest BCUT2D eigenvalue weighted by molar-refractivity contribution is -0.00800. The number of nitrogens with one attached hydrogen (secondary N) is 1. The smallest absolute Gasteiger partial charge is 0.410 e. The fourth-order valence-electron chi connectivity index (χ4n) is 4.04. The van der Waals surface area contributed by atoms with Gasteiger partial charge < -0.3 is 20.1 Å². The van der Waals surface area contributed by atoms with E-state index in [9.17, 15) is 23.1 Å². The van der Waals surface area contributed by atoms with Gasteiger partial charge in [0.25, 0.3) is 0 Å². The molecule has 2 N–H and O–H groups in total. The maximum absolute atomic E-state index is 14.0. The summed E-state index contributed by atoms with van der Waals surface area (Å²) in [7, 11) is 1.76. The van der Waals surface area contributed by atoms with Crippen LogP contribution in [0, 0.1) is 17.5 Å². The molecule has 0 aliphatic carbocycles. The standard InChI is InChI=1S/C22H26F2N2O3.C6H5F/c1-14(26-10-9-19(29-22(26)28)12-18(27)13-25-2)15-3-5-16(6-4-15)20-8-7-17(23)11-21(20)24;7-6-4-2-1-3-5-6/h3-8,11,14,18-19,25,27H,9-10,12-13H2,1-2H3;1-5H. The molecule has 192 valence electrons. The van der Waals surface area contributed by atoms with E-state index in [2.05, 4.69) is 5.32 Å². The van der Waals surface area contributed by atoms with Gasteiger partial charge in [0.15, 0.2) is 0 Å². The maximum atomic E-state index is 14.0. The number of ether oxygens (including phenoxy) is 1. The zero-order valence-corrected chi connectivity index (χ0v) is 20.3. The second kappa shape index (κ2) is 13.1. The van der Waals surface area contributed by atoms with E-state index in [1.807, 2.05) is 19.1 Å². The molecule has 0 radical (unpaired) electrons. The molecule has 3 atom stereocenters. The molecule has 3 aromatic rings. The van der Waals surface area contributed by atoms with Crippen LogP contribution >= 0.6 is 0 Å². The summed E-state index contributed by atoms with van der Waals surface area (Å²) in [6.45, 7) is 2.89. The lowest BCUT2D eigenvalue weighted by atomic mass is 9.99. The molecule has 3 unspecified atom stereocenters. The topological polar surface area (TPSA) is 61.8 Å². The summed E-state index contributed by atoms with van der Waals surface area (Å²) in [6, 6.07) is 18.4. The number of aliphatic hydroxyl groups excluding tert-OH is 1. The predicted octanol–water partition coefficient (Wildman–Crippen LogP) is 5.70. The van der Waals surface area contributed by atoms with Crippen molar-refractivity contribution in [3.8, 4) is 11.1 Å². The molecule has 0 spiro atoms. The molecule has 1 heterocycles. The number of halogens is 3. The van der Waals surface area contributed by atoms with Crippen LogP contribution in [0.4, 0.5) is 18.0 Å². The molecule has 0 bridgehead atoms. The van der Waals surface area contributed by atoms with Crippen LogP contribution in [0.3, 0.4) is 0 Å². The normalized spacial score (nSPS) is 17.0. The minimum absolute atomic E-state index is 0.178. The lowest BCUT2D eigenvalue weighted by Gasteiger charge is -2.36. The first kappa shape index (κ1) is 27.2. The summed E-state index contributed by atoms with van der Waals surface area (Å²) in [5, 5.41) is 12.8. The molecule has 4 rings (SSSR count). The summed E-state index contributed by atoms with van der Waals surface area (Å²) in [5.41, 5.74) is 1.85. The Morgan fingerprint density at radius 2 is 1.72 bits per heavy atom. The quantitative estimate of drug-likeness (QED) is 0.437. The summed E-state index contributed by atoms with van der Waals surface area (Å²) >= 11 is 0. The average molecular weight is 501 g/mol. The van der Waals surface area contributed by atoms with E-state index in [-0.39, 0.29) is 18.0 Å². The Hall–Kier alpha value is -3.36. The second-order valence-corrected chi connectivity index (χ2v) is 8.65. The van der Waals surface area contributed by atoms with E-state index in [0.717, 1.165) is 11.6 Å². The molecule has 5 nitrogen and oxygen atoms in total. The number of likely N-dealkylation sites (N-methyl/N-ethyl adjacent to an activating group) is 1. The molecular formula is C28H31F3N2O3. The number of carbonyl (C=O) groups is 1. The third kappa shape index (κ3) is 7.57. The van der Waals surface area contributed by atoms with Gasteiger partial charge in [0.05, 0.1) is 12.1 Å². The van der Waals surface area contributed by atoms with Crippen molar-refractivity contribution in [2.24, 2.45) is 0 Å². The molecule has 1 aliphatic rings. The Bertz CT molecular complexity index is 1110. The fraction of sp³-hybridized carbons (Fsp3) is 0.321. The molecular weight excluding hydrogens is 469 g/mol. The number of aliphatic hydroxyl groups is 1. The van der Waals surface area contributed by atoms with E-state index in [1.165, 1.54) is 24.3 Å². The first-order valence-electron chi connectivity index (χ1n) is 11.8. The van der Waals surface area contributed by atoms with E-state index >= 15 is 0 Å². The number of nitrogens with zero attached hydrogens (tertiary/aromatic N) is 1. The van der Waals surface area contributed by atoms with Crippen molar-refractivity contribution in [1.29, 1.82) is 0 Å². The maximum Gasteiger partial charge on any atom is 0.410 e. The minimum Gasteiger partial charge on any atom is -0.446 e. The van der Waals surface area contributed by atoms with Crippen molar-refractivity contribution < 1.29 is 27.8 Å². The first-order chi connectivity index (χ1) is 17.3. The van der Waals surface area contributed by atoms with Gasteiger partial charge in [-0.05, 0) is 49.4 Å². The third-order valence-corrected chi connectivity index (χ3v) is 6.00. The SMILES string of the molecule is CNCC(O)CC1CCN(C(C)c2ccc(-c3ccc(F)cc3F)cc2)C(=O)O1.Fc1ccccc1. The van der Waals surface area contributed by atoms with Crippen molar-refractivity contribution in [3.05, 3.63) is 95.8 Å². The van der Waals surface area contributed by atoms with Gasteiger partial charge in [0.2, 0.25) is 0 Å². The monoisotopic (exact) mass is 500 g/mol. The van der Waals surface area contributed by atoms with Crippen molar-refractivity contribution in [3.63, 3.8) is 0 Å².